The molecule has 5 atom stereocenters. The van der Waals surface area contributed by atoms with Crippen LogP contribution in [0.25, 0.3) is 0 Å². The standard InChI is InChI=1S/C31H43N3O6/c1-6-17-32(21(4)5)30(38)27-31-16-15-24(40-31)25(26(31)29(37)34(27)19-9-10-20-35)28(36)33(18-7-2)22-11-13-23(14-12-22)39-8-3/h6-7,11-14,21,24-27,35H,1-2,8-10,15-20H2,3-5H3/t24-,25+,26-,27?,31?/m0/s1. The normalized spacial score (nSPS) is 26.6. The number of anilines is 1. The summed E-state index contributed by atoms with van der Waals surface area (Å²) in [7, 11) is 0. The van der Waals surface area contributed by atoms with Crippen LogP contribution in [-0.2, 0) is 19.1 Å². The van der Waals surface area contributed by atoms with E-state index in [9.17, 15) is 19.5 Å². The Labute approximate surface area is 237 Å². The number of nitrogens with zero attached hydrogens (tertiary/aromatic N) is 3. The second-order valence-electron chi connectivity index (χ2n) is 11.1. The number of rotatable bonds is 14. The Morgan fingerprint density at radius 3 is 2.48 bits per heavy atom. The van der Waals surface area contributed by atoms with Crippen LogP contribution in [0.2, 0.25) is 0 Å². The molecule has 0 saturated carbocycles. The Balaban J connectivity index is 1.71. The number of carbonyl (C=O) groups is 3. The third kappa shape index (κ3) is 5.17. The van der Waals surface area contributed by atoms with E-state index in [0.29, 0.717) is 56.8 Å². The lowest BCUT2D eigenvalue weighted by Crippen LogP contribution is -2.57. The Kier molecular flexibility index (Phi) is 9.36. The number of likely N-dealkylation sites (tertiary alicyclic amines) is 1. The first-order valence-corrected chi connectivity index (χ1v) is 14.4. The summed E-state index contributed by atoms with van der Waals surface area (Å²) in [4.78, 5) is 47.6. The Bertz CT molecular complexity index is 1100. The van der Waals surface area contributed by atoms with Gasteiger partial charge in [0.25, 0.3) is 0 Å². The molecular formula is C31H43N3O6. The largest absolute Gasteiger partial charge is 0.494 e. The summed E-state index contributed by atoms with van der Waals surface area (Å²) in [6, 6.07) is 6.37. The molecule has 3 aliphatic rings. The zero-order valence-electron chi connectivity index (χ0n) is 24.0. The van der Waals surface area contributed by atoms with E-state index in [4.69, 9.17) is 9.47 Å². The van der Waals surface area contributed by atoms with Crippen LogP contribution in [0, 0.1) is 11.8 Å². The molecule has 1 aromatic rings. The van der Waals surface area contributed by atoms with E-state index in [0.717, 1.165) is 0 Å². The third-order valence-electron chi connectivity index (χ3n) is 8.40. The molecule has 1 spiro atoms. The first kappa shape index (κ1) is 29.8. The highest BCUT2D eigenvalue weighted by Gasteiger charge is 2.74. The van der Waals surface area contributed by atoms with Crippen molar-refractivity contribution in [3.05, 3.63) is 49.6 Å². The Morgan fingerprint density at radius 2 is 1.88 bits per heavy atom. The second-order valence-corrected chi connectivity index (χ2v) is 11.1. The lowest BCUT2D eigenvalue weighted by atomic mass is 9.70. The molecule has 9 heteroatoms. The van der Waals surface area contributed by atoms with Gasteiger partial charge in [-0.15, -0.1) is 13.2 Å². The number of ether oxygens (including phenoxy) is 2. The van der Waals surface area contributed by atoms with Crippen molar-refractivity contribution >= 4 is 23.4 Å². The van der Waals surface area contributed by atoms with Crippen molar-refractivity contribution in [1.29, 1.82) is 0 Å². The molecule has 0 aromatic heterocycles. The summed E-state index contributed by atoms with van der Waals surface area (Å²) in [6.45, 7) is 14.9. The smallest absolute Gasteiger partial charge is 0.248 e. The highest BCUT2D eigenvalue weighted by molar-refractivity contribution is 6.03. The molecule has 40 heavy (non-hydrogen) atoms. The third-order valence-corrected chi connectivity index (χ3v) is 8.40. The van der Waals surface area contributed by atoms with Crippen molar-refractivity contribution in [3.8, 4) is 5.75 Å². The number of carbonyl (C=O) groups excluding carboxylic acids is 3. The average Bonchev–Trinajstić information content (AvgIpc) is 3.58. The lowest BCUT2D eigenvalue weighted by Gasteiger charge is -2.38. The first-order valence-electron chi connectivity index (χ1n) is 14.4. The predicted molar refractivity (Wildman–Crippen MR) is 153 cm³/mol. The Hall–Kier alpha value is -3.17. The molecule has 3 amide bonds. The topological polar surface area (TPSA) is 99.6 Å². The van der Waals surface area contributed by atoms with Gasteiger partial charge in [0.2, 0.25) is 17.7 Å². The van der Waals surface area contributed by atoms with Crippen LogP contribution in [0.1, 0.15) is 46.5 Å². The fourth-order valence-electron chi connectivity index (χ4n) is 6.72. The molecule has 4 rings (SSSR count). The van der Waals surface area contributed by atoms with Gasteiger partial charge in [0.05, 0.1) is 24.5 Å². The van der Waals surface area contributed by atoms with Crippen molar-refractivity contribution in [3.63, 3.8) is 0 Å². The molecule has 3 fully saturated rings. The summed E-state index contributed by atoms with van der Waals surface area (Å²) in [5.74, 6) is -1.36. The first-order chi connectivity index (χ1) is 19.2. The van der Waals surface area contributed by atoms with Crippen molar-refractivity contribution in [1.82, 2.24) is 9.80 Å². The summed E-state index contributed by atoms with van der Waals surface area (Å²) in [5, 5.41) is 9.38. The van der Waals surface area contributed by atoms with E-state index in [1.54, 1.807) is 26.9 Å². The van der Waals surface area contributed by atoms with Gasteiger partial charge in [-0.2, -0.15) is 0 Å². The molecule has 3 heterocycles. The average molecular weight is 554 g/mol. The molecule has 1 N–H and O–H groups in total. The van der Waals surface area contributed by atoms with Gasteiger partial charge >= 0.3 is 0 Å². The zero-order valence-corrected chi connectivity index (χ0v) is 24.0. The van der Waals surface area contributed by atoms with Gasteiger partial charge in [-0.05, 0) is 70.7 Å². The van der Waals surface area contributed by atoms with E-state index >= 15 is 0 Å². The fraction of sp³-hybridized carbons (Fsp3) is 0.581. The van der Waals surface area contributed by atoms with Gasteiger partial charge in [0.1, 0.15) is 17.4 Å². The number of aliphatic hydroxyl groups excluding tert-OH is 1. The second kappa shape index (κ2) is 12.6. The number of benzene rings is 1. The van der Waals surface area contributed by atoms with Crippen molar-refractivity contribution in [2.75, 3.05) is 37.7 Å². The monoisotopic (exact) mass is 553 g/mol. The quantitative estimate of drug-likeness (QED) is 0.281. The van der Waals surface area contributed by atoms with Crippen LogP contribution in [0.3, 0.4) is 0 Å². The molecule has 9 nitrogen and oxygen atoms in total. The molecule has 2 bridgehead atoms. The van der Waals surface area contributed by atoms with Gasteiger partial charge in [-0.25, -0.2) is 0 Å². The summed E-state index contributed by atoms with van der Waals surface area (Å²) >= 11 is 0. The summed E-state index contributed by atoms with van der Waals surface area (Å²) < 4.78 is 12.2. The molecular weight excluding hydrogens is 510 g/mol. The minimum Gasteiger partial charge on any atom is -0.494 e. The van der Waals surface area contributed by atoms with Crippen LogP contribution < -0.4 is 9.64 Å². The lowest BCUT2D eigenvalue weighted by molar-refractivity contribution is -0.149. The van der Waals surface area contributed by atoms with Gasteiger partial charge in [0.15, 0.2) is 0 Å². The van der Waals surface area contributed by atoms with Gasteiger partial charge in [0, 0.05) is 38.0 Å². The predicted octanol–water partition coefficient (Wildman–Crippen LogP) is 3.17. The zero-order chi connectivity index (χ0) is 29.0. The number of hydrogen-bond donors (Lipinski definition) is 1. The maximum Gasteiger partial charge on any atom is 0.248 e. The minimum absolute atomic E-state index is 0.00207. The van der Waals surface area contributed by atoms with E-state index in [-0.39, 0.29) is 36.9 Å². The molecule has 2 unspecified atom stereocenters. The minimum atomic E-state index is -1.06. The van der Waals surface area contributed by atoms with Gasteiger partial charge in [-0.1, -0.05) is 12.2 Å². The summed E-state index contributed by atoms with van der Waals surface area (Å²) in [5.41, 5.74) is -0.384. The van der Waals surface area contributed by atoms with Crippen molar-refractivity contribution in [2.24, 2.45) is 11.8 Å². The number of fused-ring (bicyclic) bond motifs is 1. The fourth-order valence-corrected chi connectivity index (χ4v) is 6.72. The highest BCUT2D eigenvalue weighted by Crippen LogP contribution is 2.59. The van der Waals surface area contributed by atoms with E-state index in [2.05, 4.69) is 13.2 Å². The maximum absolute atomic E-state index is 14.3. The van der Waals surface area contributed by atoms with E-state index in [1.807, 2.05) is 45.0 Å². The number of aliphatic hydroxyl groups is 1. The van der Waals surface area contributed by atoms with E-state index < -0.39 is 29.6 Å². The summed E-state index contributed by atoms with van der Waals surface area (Å²) in [6.07, 6.45) is 5.10. The van der Waals surface area contributed by atoms with Crippen LogP contribution >= 0.6 is 0 Å². The molecule has 0 radical (unpaired) electrons. The molecule has 1 aromatic carbocycles. The molecule has 3 aliphatic heterocycles. The number of hydrogen-bond acceptors (Lipinski definition) is 6. The van der Waals surface area contributed by atoms with Crippen LogP contribution in [0.5, 0.6) is 5.75 Å². The molecule has 218 valence electrons. The van der Waals surface area contributed by atoms with Gasteiger partial charge in [-0.3, -0.25) is 14.4 Å². The van der Waals surface area contributed by atoms with E-state index in [1.165, 1.54) is 0 Å². The Morgan fingerprint density at radius 1 is 1.18 bits per heavy atom. The van der Waals surface area contributed by atoms with Crippen LogP contribution in [0.4, 0.5) is 5.69 Å². The molecule has 0 aliphatic carbocycles. The van der Waals surface area contributed by atoms with Crippen LogP contribution in [0.15, 0.2) is 49.6 Å². The number of unbranched alkanes of at least 4 members (excludes halogenated alkanes) is 1. The van der Waals surface area contributed by atoms with Gasteiger partial charge < -0.3 is 29.3 Å². The van der Waals surface area contributed by atoms with Crippen LogP contribution in [-0.4, -0.2) is 89.3 Å². The number of amides is 3. The highest BCUT2D eigenvalue weighted by atomic mass is 16.5. The van der Waals surface area contributed by atoms with Crippen molar-refractivity contribution in [2.45, 2.75) is 70.2 Å². The maximum atomic E-state index is 14.3. The van der Waals surface area contributed by atoms with Crippen molar-refractivity contribution < 1.29 is 29.0 Å². The molecule has 3 saturated heterocycles. The SMILES string of the molecule is C=CCN(C(=O)[C@@H]1[C@@H]2CCC3(O2)C(C(=O)N(CC=C)C(C)C)N(CCCCO)C(=O)[C@H]13)c1ccc(OCC)cc1.